The van der Waals surface area contributed by atoms with Crippen LogP contribution in [0, 0.1) is 6.92 Å². The molecule has 1 aliphatic carbocycles. The van der Waals surface area contributed by atoms with Gasteiger partial charge in [-0.2, -0.15) is 4.98 Å². The molecule has 1 saturated carbocycles. The summed E-state index contributed by atoms with van der Waals surface area (Å²) in [5, 5.41) is 8.52. The van der Waals surface area contributed by atoms with Gasteiger partial charge in [0.25, 0.3) is 5.92 Å². The summed E-state index contributed by atoms with van der Waals surface area (Å²) in [6, 6.07) is -0.453. The van der Waals surface area contributed by atoms with Gasteiger partial charge in [-0.15, -0.1) is 10.2 Å². The summed E-state index contributed by atoms with van der Waals surface area (Å²) in [7, 11) is 0. The Morgan fingerprint density at radius 1 is 1.26 bits per heavy atom. The highest BCUT2D eigenvalue weighted by molar-refractivity contribution is 5.63. The first-order chi connectivity index (χ1) is 13.0. The minimum absolute atomic E-state index is 0.162. The van der Waals surface area contributed by atoms with Crippen molar-refractivity contribution >= 4 is 5.82 Å². The molecule has 2 aliphatic rings. The van der Waals surface area contributed by atoms with E-state index < -0.39 is 5.92 Å². The van der Waals surface area contributed by atoms with Gasteiger partial charge in [0, 0.05) is 31.3 Å². The molecular weight excluding hydrogens is 354 g/mol. The zero-order valence-corrected chi connectivity index (χ0v) is 14.9. The summed E-state index contributed by atoms with van der Waals surface area (Å²) >= 11 is 0. The average molecular weight is 372 g/mol. The van der Waals surface area contributed by atoms with E-state index in [0.29, 0.717) is 18.2 Å². The van der Waals surface area contributed by atoms with Crippen LogP contribution in [-0.2, 0) is 0 Å². The molecule has 0 saturated heterocycles. The van der Waals surface area contributed by atoms with Crippen LogP contribution in [0.3, 0.4) is 0 Å². The summed E-state index contributed by atoms with van der Waals surface area (Å²) < 4.78 is 30.9. The molecule has 0 N–H and O–H groups in total. The second-order valence-corrected chi connectivity index (χ2v) is 7.04. The van der Waals surface area contributed by atoms with Crippen LogP contribution in [0.5, 0.6) is 0 Å². The molecule has 140 valence electrons. The number of imidazole rings is 1. The maximum atomic E-state index is 13.6. The van der Waals surface area contributed by atoms with E-state index in [1.165, 1.54) is 0 Å². The molecule has 0 bridgehead atoms. The largest absolute Gasteiger partial charge is 0.341 e. The number of alkyl halides is 2. The van der Waals surface area contributed by atoms with E-state index in [4.69, 9.17) is 4.98 Å². The van der Waals surface area contributed by atoms with Crippen molar-refractivity contribution in [2.45, 2.75) is 51.1 Å². The Hall–Kier alpha value is -2.91. The Kier molecular flexibility index (Phi) is 3.34. The van der Waals surface area contributed by atoms with E-state index in [1.807, 2.05) is 23.3 Å². The lowest BCUT2D eigenvalue weighted by Gasteiger charge is -2.48. The van der Waals surface area contributed by atoms with Crippen LogP contribution in [0.1, 0.15) is 43.9 Å². The molecule has 1 aliphatic heterocycles. The average Bonchev–Trinajstić information content (AvgIpc) is 3.28. The molecule has 3 aromatic heterocycles. The highest BCUT2D eigenvalue weighted by Gasteiger charge is 2.52. The van der Waals surface area contributed by atoms with Crippen LogP contribution in [0.2, 0.25) is 0 Å². The molecule has 1 unspecified atom stereocenters. The predicted molar refractivity (Wildman–Crippen MR) is 92.3 cm³/mol. The first-order valence-electron chi connectivity index (χ1n) is 8.92. The molecule has 0 aromatic carbocycles. The lowest BCUT2D eigenvalue weighted by Crippen LogP contribution is -2.54. The summed E-state index contributed by atoms with van der Waals surface area (Å²) in [5.41, 5.74) is 0.719. The molecule has 27 heavy (non-hydrogen) atoms. The second kappa shape index (κ2) is 5.54. The summed E-state index contributed by atoms with van der Waals surface area (Å²) in [6.45, 7) is 3.88. The molecule has 0 amide bonds. The predicted octanol–water partition coefficient (Wildman–Crippen LogP) is 2.62. The number of rotatable bonds is 3. The molecule has 4 heterocycles. The zero-order chi connectivity index (χ0) is 18.8. The molecule has 1 fully saturated rings. The van der Waals surface area contributed by atoms with Crippen LogP contribution in [0.15, 0.2) is 24.9 Å². The van der Waals surface area contributed by atoms with Gasteiger partial charge in [-0.3, -0.25) is 9.13 Å². The Morgan fingerprint density at radius 3 is 2.74 bits per heavy atom. The van der Waals surface area contributed by atoms with Gasteiger partial charge in [0.2, 0.25) is 5.95 Å². The quantitative estimate of drug-likeness (QED) is 0.703. The first kappa shape index (κ1) is 16.3. The number of anilines is 1. The van der Waals surface area contributed by atoms with Crippen molar-refractivity contribution in [1.29, 1.82) is 0 Å². The fraction of sp³-hybridized carbons (Fsp3) is 0.471. The van der Waals surface area contributed by atoms with Gasteiger partial charge in [0.1, 0.15) is 17.8 Å². The van der Waals surface area contributed by atoms with Crippen molar-refractivity contribution in [3.8, 4) is 11.6 Å². The van der Waals surface area contributed by atoms with Crippen molar-refractivity contribution in [3.63, 3.8) is 0 Å². The molecule has 0 spiro atoms. The van der Waals surface area contributed by atoms with Gasteiger partial charge < -0.3 is 4.90 Å². The van der Waals surface area contributed by atoms with E-state index in [2.05, 4.69) is 20.2 Å². The molecule has 3 aromatic rings. The monoisotopic (exact) mass is 372 g/mol. The zero-order valence-electron chi connectivity index (χ0n) is 14.9. The maximum absolute atomic E-state index is 13.6. The van der Waals surface area contributed by atoms with E-state index in [-0.39, 0.29) is 24.9 Å². The van der Waals surface area contributed by atoms with Gasteiger partial charge in [0.15, 0.2) is 11.6 Å². The molecule has 0 radical (unpaired) electrons. The number of aromatic nitrogens is 7. The Balaban J connectivity index is 1.69. The Morgan fingerprint density at radius 2 is 2.07 bits per heavy atom. The van der Waals surface area contributed by atoms with E-state index in [0.717, 1.165) is 17.3 Å². The van der Waals surface area contributed by atoms with E-state index >= 15 is 0 Å². The number of aryl methyl sites for hydroxylation is 1. The third kappa shape index (κ3) is 2.35. The number of hydrogen-bond acceptors (Lipinski definition) is 6. The number of halogens is 2. The van der Waals surface area contributed by atoms with Crippen molar-refractivity contribution in [1.82, 2.24) is 34.3 Å². The third-order valence-corrected chi connectivity index (χ3v) is 5.29. The first-order valence-corrected chi connectivity index (χ1v) is 8.92. The fourth-order valence-corrected chi connectivity index (χ4v) is 4.00. The maximum Gasteiger partial charge on any atom is 0.252 e. The minimum atomic E-state index is -2.62. The van der Waals surface area contributed by atoms with Crippen molar-refractivity contribution < 1.29 is 8.78 Å². The summed E-state index contributed by atoms with van der Waals surface area (Å²) in [5.74, 6) is -0.0635. The van der Waals surface area contributed by atoms with Gasteiger partial charge in [-0.1, -0.05) is 6.92 Å². The molecule has 5 rings (SSSR count). The van der Waals surface area contributed by atoms with Crippen LogP contribution in [-0.4, -0.2) is 46.2 Å². The van der Waals surface area contributed by atoms with Gasteiger partial charge in [-0.05, 0) is 13.3 Å². The highest BCUT2D eigenvalue weighted by atomic mass is 19.3. The van der Waals surface area contributed by atoms with E-state index in [1.54, 1.807) is 29.5 Å². The van der Waals surface area contributed by atoms with Crippen molar-refractivity contribution in [3.05, 3.63) is 36.6 Å². The van der Waals surface area contributed by atoms with Crippen molar-refractivity contribution in [2.75, 3.05) is 4.90 Å². The van der Waals surface area contributed by atoms with Gasteiger partial charge in [-0.25, -0.2) is 18.7 Å². The lowest BCUT2D eigenvalue weighted by molar-refractivity contribution is -0.0878. The fourth-order valence-electron chi connectivity index (χ4n) is 4.00. The smallest absolute Gasteiger partial charge is 0.252 e. The highest BCUT2D eigenvalue weighted by Crippen LogP contribution is 2.48. The number of nitrogens with zero attached hydrogens (tertiary/aromatic N) is 8. The van der Waals surface area contributed by atoms with Gasteiger partial charge in [0.05, 0.1) is 12.2 Å². The Bertz CT molecular complexity index is 989. The normalized spacial score (nSPS) is 20.9. The molecule has 10 heteroatoms. The minimum Gasteiger partial charge on any atom is -0.341 e. The van der Waals surface area contributed by atoms with Crippen LogP contribution < -0.4 is 4.90 Å². The van der Waals surface area contributed by atoms with Crippen LogP contribution in [0.4, 0.5) is 14.6 Å². The standard InChI is InChI=1S/C17H18F2N8/c1-3-12-15-24-23-10(2)26(15)13-8-21-16(25-5-4-20-9-25)22-14(13)27(12)11-6-17(18,19)7-11/h4-5,8-9,11-12H,3,6-7H2,1-2H3. The number of hydrogen-bond donors (Lipinski definition) is 0. The Labute approximate surface area is 153 Å². The van der Waals surface area contributed by atoms with E-state index in [9.17, 15) is 8.78 Å². The number of fused-ring (bicyclic) bond motifs is 3. The SMILES string of the molecule is CCC1c2nnc(C)n2-c2cnc(-n3ccnc3)nc2N1C1CC(F)(F)C1. The van der Waals surface area contributed by atoms with Crippen LogP contribution >= 0.6 is 0 Å². The topological polar surface area (TPSA) is 77.5 Å². The van der Waals surface area contributed by atoms with Gasteiger partial charge >= 0.3 is 0 Å². The molecule has 8 nitrogen and oxygen atoms in total. The lowest BCUT2D eigenvalue weighted by atomic mass is 9.85. The summed E-state index contributed by atoms with van der Waals surface area (Å²) in [6.07, 6.45) is 7.06. The summed E-state index contributed by atoms with van der Waals surface area (Å²) in [4.78, 5) is 15.2. The third-order valence-electron chi connectivity index (χ3n) is 5.29. The van der Waals surface area contributed by atoms with Crippen LogP contribution in [0.25, 0.3) is 11.6 Å². The second-order valence-electron chi connectivity index (χ2n) is 7.04. The van der Waals surface area contributed by atoms with Crippen molar-refractivity contribution in [2.24, 2.45) is 0 Å². The molecular formula is C17H18F2N8. The molecule has 1 atom stereocenters.